The van der Waals surface area contributed by atoms with E-state index in [0.29, 0.717) is 0 Å². The predicted molar refractivity (Wildman–Crippen MR) is 54.5 cm³/mol. The standard InChI is InChI=1S/C8H6O3.C3H2O2/c1-3-5-7(9)11-8(10)6-4-2;1-2-3(4)5/h1-2H3;1H,(H,4,5). The molecule has 0 heterocycles. The molecule has 82 valence electrons. The molecule has 0 radical (unpaired) electrons. The largest absolute Gasteiger partial charge is 0.472 e. The van der Waals surface area contributed by atoms with Crippen molar-refractivity contribution in [2.45, 2.75) is 13.8 Å². The van der Waals surface area contributed by atoms with E-state index < -0.39 is 17.9 Å². The van der Waals surface area contributed by atoms with Crippen molar-refractivity contribution >= 4 is 17.9 Å². The molecular weight excluding hydrogens is 212 g/mol. The molecule has 0 amide bonds. The van der Waals surface area contributed by atoms with Crippen LogP contribution in [0.15, 0.2) is 0 Å². The van der Waals surface area contributed by atoms with Crippen LogP contribution in [0.25, 0.3) is 0 Å². The van der Waals surface area contributed by atoms with E-state index in [-0.39, 0.29) is 0 Å². The van der Waals surface area contributed by atoms with E-state index >= 15 is 0 Å². The molecular formula is C11H8O5. The van der Waals surface area contributed by atoms with Gasteiger partial charge in [0.1, 0.15) is 0 Å². The van der Waals surface area contributed by atoms with Crippen molar-refractivity contribution in [2.24, 2.45) is 0 Å². The third kappa shape index (κ3) is 13.9. The summed E-state index contributed by atoms with van der Waals surface area (Å²) in [6, 6.07) is 0. The van der Waals surface area contributed by atoms with Crippen molar-refractivity contribution in [3.63, 3.8) is 0 Å². The Bertz CT molecular complexity index is 401. The summed E-state index contributed by atoms with van der Waals surface area (Å²) >= 11 is 0. The summed E-state index contributed by atoms with van der Waals surface area (Å²) in [4.78, 5) is 30.0. The van der Waals surface area contributed by atoms with Crippen LogP contribution in [0.4, 0.5) is 0 Å². The van der Waals surface area contributed by atoms with Gasteiger partial charge in [-0.1, -0.05) is 11.8 Å². The summed E-state index contributed by atoms with van der Waals surface area (Å²) in [5.74, 6) is 7.13. The minimum absolute atomic E-state index is 0.875. The van der Waals surface area contributed by atoms with Crippen LogP contribution in [-0.4, -0.2) is 23.0 Å². The zero-order valence-electron chi connectivity index (χ0n) is 8.66. The van der Waals surface area contributed by atoms with Crippen LogP contribution in [-0.2, 0) is 19.1 Å². The van der Waals surface area contributed by atoms with Crippen LogP contribution >= 0.6 is 0 Å². The third-order valence-electron chi connectivity index (χ3n) is 0.763. The topological polar surface area (TPSA) is 80.7 Å². The summed E-state index contributed by atoms with van der Waals surface area (Å²) in [5.41, 5.74) is 0. The molecule has 16 heavy (non-hydrogen) atoms. The van der Waals surface area contributed by atoms with Crippen LogP contribution in [0.1, 0.15) is 13.8 Å². The zero-order chi connectivity index (χ0) is 13.0. The normalized spacial score (nSPS) is 6.06. The van der Waals surface area contributed by atoms with Gasteiger partial charge in [0.15, 0.2) is 0 Å². The molecule has 5 heteroatoms. The fourth-order valence-electron chi connectivity index (χ4n) is 0.339. The van der Waals surface area contributed by atoms with Crippen molar-refractivity contribution < 1.29 is 24.2 Å². The van der Waals surface area contributed by atoms with Gasteiger partial charge in [0.05, 0.1) is 0 Å². The van der Waals surface area contributed by atoms with Gasteiger partial charge in [0.2, 0.25) is 0 Å². The Balaban J connectivity index is 0. The molecule has 0 spiro atoms. The monoisotopic (exact) mass is 220 g/mol. The highest BCUT2D eigenvalue weighted by atomic mass is 16.6. The number of hydrogen-bond acceptors (Lipinski definition) is 4. The first-order valence-electron chi connectivity index (χ1n) is 3.78. The first kappa shape index (κ1) is 15.7. The number of terminal acetylenes is 1. The van der Waals surface area contributed by atoms with Crippen LogP contribution < -0.4 is 0 Å². The second-order valence-electron chi connectivity index (χ2n) is 1.88. The number of carbonyl (C=O) groups excluding carboxylic acids is 2. The highest BCUT2D eigenvalue weighted by molar-refractivity contribution is 6.01. The molecule has 0 aromatic carbocycles. The average molecular weight is 220 g/mol. The Kier molecular flexibility index (Phi) is 10.2. The van der Waals surface area contributed by atoms with Gasteiger partial charge in [0, 0.05) is 17.8 Å². The molecule has 0 aliphatic rings. The maximum Gasteiger partial charge on any atom is 0.392 e. The fraction of sp³-hybridized carbons (Fsp3) is 0.182. The molecule has 0 aliphatic carbocycles. The Morgan fingerprint density at radius 1 is 1.06 bits per heavy atom. The summed E-state index contributed by atoms with van der Waals surface area (Å²) in [6.45, 7) is 2.94. The van der Waals surface area contributed by atoms with E-state index in [1.54, 1.807) is 0 Å². The van der Waals surface area contributed by atoms with Gasteiger partial charge in [-0.2, -0.15) is 0 Å². The summed E-state index contributed by atoms with van der Waals surface area (Å²) < 4.78 is 4.11. The zero-order valence-corrected chi connectivity index (χ0v) is 8.66. The highest BCUT2D eigenvalue weighted by Gasteiger charge is 2.02. The fourth-order valence-corrected chi connectivity index (χ4v) is 0.339. The molecule has 0 atom stereocenters. The SMILES string of the molecule is C#CC(=O)O.CC#CC(=O)OC(=O)C#CC. The van der Waals surface area contributed by atoms with Gasteiger partial charge in [-0.3, -0.25) is 0 Å². The van der Waals surface area contributed by atoms with Crippen molar-refractivity contribution in [3.05, 3.63) is 0 Å². The van der Waals surface area contributed by atoms with Crippen LogP contribution in [0.3, 0.4) is 0 Å². The minimum atomic E-state index is -1.22. The first-order chi connectivity index (χ1) is 7.47. The molecule has 0 unspecified atom stereocenters. The lowest BCUT2D eigenvalue weighted by Crippen LogP contribution is -2.07. The lowest BCUT2D eigenvalue weighted by Gasteiger charge is -1.87. The maximum atomic E-state index is 10.4. The van der Waals surface area contributed by atoms with Crippen LogP contribution in [0, 0.1) is 36.0 Å². The van der Waals surface area contributed by atoms with Gasteiger partial charge in [0.25, 0.3) is 0 Å². The number of ether oxygens (including phenoxy) is 1. The summed E-state index contributed by atoms with van der Waals surface area (Å²) in [5, 5.41) is 7.49. The molecule has 1 N–H and O–H groups in total. The maximum absolute atomic E-state index is 10.4. The molecule has 0 rings (SSSR count). The molecule has 0 saturated carbocycles. The number of carbonyl (C=O) groups is 3. The molecule has 0 saturated heterocycles. The molecule has 0 aliphatic heterocycles. The van der Waals surface area contributed by atoms with E-state index in [4.69, 9.17) is 9.90 Å². The predicted octanol–water partition coefficient (Wildman–Crippen LogP) is -0.193. The van der Waals surface area contributed by atoms with Gasteiger partial charge in [-0.05, 0) is 13.8 Å². The van der Waals surface area contributed by atoms with Gasteiger partial charge in [-0.25, -0.2) is 14.4 Å². The number of aliphatic carboxylic acids is 1. The summed E-state index contributed by atoms with van der Waals surface area (Å²) in [7, 11) is 0. The Morgan fingerprint density at radius 3 is 1.56 bits per heavy atom. The van der Waals surface area contributed by atoms with Gasteiger partial charge >= 0.3 is 17.9 Å². The quantitative estimate of drug-likeness (QED) is 0.265. The minimum Gasteiger partial charge on any atom is -0.472 e. The van der Waals surface area contributed by atoms with Gasteiger partial charge < -0.3 is 9.84 Å². The highest BCUT2D eigenvalue weighted by Crippen LogP contribution is 1.77. The molecule has 0 fully saturated rings. The molecule has 0 bridgehead atoms. The van der Waals surface area contributed by atoms with E-state index in [2.05, 4.69) is 23.0 Å². The van der Waals surface area contributed by atoms with Crippen LogP contribution in [0.2, 0.25) is 0 Å². The van der Waals surface area contributed by atoms with Crippen LogP contribution in [0.5, 0.6) is 0 Å². The lowest BCUT2D eigenvalue weighted by atomic mass is 10.6. The van der Waals surface area contributed by atoms with E-state index in [9.17, 15) is 9.59 Å². The van der Waals surface area contributed by atoms with E-state index in [0.717, 1.165) is 0 Å². The van der Waals surface area contributed by atoms with Gasteiger partial charge in [-0.15, -0.1) is 6.42 Å². The van der Waals surface area contributed by atoms with Crippen molar-refractivity contribution in [3.8, 4) is 36.0 Å². The average Bonchev–Trinajstić information content (AvgIpc) is 2.19. The Labute approximate surface area is 92.8 Å². The third-order valence-corrected chi connectivity index (χ3v) is 0.763. The lowest BCUT2D eigenvalue weighted by molar-refractivity contribution is -0.151. The van der Waals surface area contributed by atoms with E-state index in [1.807, 2.05) is 11.8 Å². The second-order valence-corrected chi connectivity index (χ2v) is 1.88. The number of hydrogen-bond donors (Lipinski definition) is 1. The summed E-state index contributed by atoms with van der Waals surface area (Å²) in [6.07, 6.45) is 4.32. The number of rotatable bonds is 0. The number of carboxylic acid groups (broad SMARTS) is 1. The number of esters is 2. The Morgan fingerprint density at radius 2 is 1.38 bits per heavy atom. The van der Waals surface area contributed by atoms with Crippen molar-refractivity contribution in [1.82, 2.24) is 0 Å². The van der Waals surface area contributed by atoms with Crippen molar-refractivity contribution in [1.29, 1.82) is 0 Å². The first-order valence-corrected chi connectivity index (χ1v) is 3.78. The van der Waals surface area contributed by atoms with E-state index in [1.165, 1.54) is 19.8 Å². The molecule has 0 aromatic heterocycles. The smallest absolute Gasteiger partial charge is 0.392 e. The Hall–Kier alpha value is -2.71. The molecule has 0 aromatic rings. The number of carboxylic acids is 1. The van der Waals surface area contributed by atoms with Crippen molar-refractivity contribution in [2.75, 3.05) is 0 Å². The molecule has 5 nitrogen and oxygen atoms in total. The second kappa shape index (κ2) is 10.4.